The van der Waals surface area contributed by atoms with Crippen molar-refractivity contribution in [1.82, 2.24) is 4.90 Å². The third-order valence-corrected chi connectivity index (χ3v) is 4.02. The number of anilines is 2. The van der Waals surface area contributed by atoms with Crippen molar-refractivity contribution in [3.8, 4) is 6.07 Å². The van der Waals surface area contributed by atoms with Gasteiger partial charge in [-0.2, -0.15) is 17.0 Å². The van der Waals surface area contributed by atoms with Crippen LogP contribution in [0.15, 0.2) is 18.2 Å². The normalized spacial score (nSPS) is 16.2. The van der Waals surface area contributed by atoms with Crippen LogP contribution in [0.25, 0.3) is 0 Å². The second-order valence-electron chi connectivity index (χ2n) is 4.26. The number of hydrogen-bond acceptors (Lipinski definition) is 5. The summed E-state index contributed by atoms with van der Waals surface area (Å²) in [5, 5.41) is 12.2. The van der Waals surface area contributed by atoms with Gasteiger partial charge in [-0.25, -0.2) is 0 Å². The van der Waals surface area contributed by atoms with Crippen LogP contribution in [0.5, 0.6) is 0 Å². The van der Waals surface area contributed by atoms with Crippen molar-refractivity contribution in [3.63, 3.8) is 0 Å². The molecule has 1 aromatic carbocycles. The highest BCUT2D eigenvalue weighted by Crippen LogP contribution is 2.21. The van der Waals surface area contributed by atoms with Crippen LogP contribution in [0.3, 0.4) is 0 Å². The van der Waals surface area contributed by atoms with Crippen LogP contribution < -0.4 is 11.1 Å². The van der Waals surface area contributed by atoms with Crippen molar-refractivity contribution in [2.45, 2.75) is 0 Å². The summed E-state index contributed by atoms with van der Waals surface area (Å²) in [6, 6.07) is 7.61. The average Bonchev–Trinajstić information content (AvgIpc) is 2.42. The van der Waals surface area contributed by atoms with Crippen LogP contribution in [0, 0.1) is 11.3 Å². The fourth-order valence-electron chi connectivity index (χ4n) is 1.99. The molecule has 1 aliphatic rings. The quantitative estimate of drug-likeness (QED) is 0.807. The molecule has 2 rings (SSSR count). The van der Waals surface area contributed by atoms with Gasteiger partial charge in [-0.3, -0.25) is 4.90 Å². The molecule has 18 heavy (non-hydrogen) atoms. The van der Waals surface area contributed by atoms with Crippen LogP contribution in [0.4, 0.5) is 11.4 Å². The van der Waals surface area contributed by atoms with Gasteiger partial charge >= 0.3 is 0 Å². The van der Waals surface area contributed by atoms with E-state index >= 15 is 0 Å². The second kappa shape index (κ2) is 6.53. The molecule has 0 amide bonds. The van der Waals surface area contributed by atoms with Crippen molar-refractivity contribution >= 4 is 23.1 Å². The molecular formula is C13H18N4S. The third-order valence-electron chi connectivity index (χ3n) is 3.07. The third kappa shape index (κ3) is 3.31. The van der Waals surface area contributed by atoms with Gasteiger partial charge in [0.15, 0.2) is 0 Å². The molecule has 1 aliphatic heterocycles. The predicted molar refractivity (Wildman–Crippen MR) is 77.8 cm³/mol. The molecule has 1 fully saturated rings. The van der Waals surface area contributed by atoms with Crippen molar-refractivity contribution in [1.29, 1.82) is 5.26 Å². The zero-order chi connectivity index (χ0) is 12.8. The number of benzene rings is 1. The lowest BCUT2D eigenvalue weighted by Crippen LogP contribution is -2.36. The first-order chi connectivity index (χ1) is 8.81. The molecule has 1 aromatic rings. The minimum atomic E-state index is 0.536. The van der Waals surface area contributed by atoms with Gasteiger partial charge in [-0.1, -0.05) is 6.07 Å². The number of nitrogen functional groups attached to an aromatic ring is 1. The number of rotatable bonds is 4. The van der Waals surface area contributed by atoms with Crippen LogP contribution in [-0.2, 0) is 0 Å². The number of nitrogens with two attached hydrogens (primary N) is 1. The van der Waals surface area contributed by atoms with Crippen molar-refractivity contribution in [3.05, 3.63) is 23.8 Å². The highest BCUT2D eigenvalue weighted by molar-refractivity contribution is 7.99. The molecular weight excluding hydrogens is 244 g/mol. The van der Waals surface area contributed by atoms with E-state index in [9.17, 15) is 0 Å². The first-order valence-corrected chi connectivity index (χ1v) is 7.29. The zero-order valence-electron chi connectivity index (χ0n) is 10.4. The molecule has 0 bridgehead atoms. The summed E-state index contributed by atoms with van der Waals surface area (Å²) in [5.41, 5.74) is 7.86. The fourth-order valence-corrected chi connectivity index (χ4v) is 2.97. The standard InChI is InChI=1S/C13H18N4S/c14-10-11-2-1-3-12(13(11)15)16-4-5-17-6-8-18-9-7-17/h1-3,16H,4-9,15H2. The highest BCUT2D eigenvalue weighted by atomic mass is 32.2. The summed E-state index contributed by atoms with van der Waals surface area (Å²) < 4.78 is 0. The van der Waals surface area contributed by atoms with E-state index in [1.54, 1.807) is 6.07 Å². The van der Waals surface area contributed by atoms with E-state index in [0.29, 0.717) is 11.3 Å². The molecule has 0 unspecified atom stereocenters. The largest absolute Gasteiger partial charge is 0.396 e. The van der Waals surface area contributed by atoms with E-state index in [-0.39, 0.29) is 0 Å². The first kappa shape index (κ1) is 13.1. The predicted octanol–water partition coefficient (Wildman–Crippen LogP) is 1.60. The molecule has 0 saturated carbocycles. The van der Waals surface area contributed by atoms with Crippen molar-refractivity contribution in [2.24, 2.45) is 0 Å². The molecule has 0 aliphatic carbocycles. The Morgan fingerprint density at radius 1 is 1.39 bits per heavy atom. The molecule has 0 atom stereocenters. The topological polar surface area (TPSA) is 65.1 Å². The molecule has 96 valence electrons. The number of para-hydroxylation sites is 1. The number of nitrogens with one attached hydrogen (secondary N) is 1. The van der Waals surface area contributed by atoms with E-state index in [2.05, 4.69) is 16.3 Å². The van der Waals surface area contributed by atoms with Crippen LogP contribution in [0.2, 0.25) is 0 Å². The highest BCUT2D eigenvalue weighted by Gasteiger charge is 2.10. The van der Waals surface area contributed by atoms with E-state index in [1.165, 1.54) is 24.6 Å². The number of nitriles is 1. The summed E-state index contributed by atoms with van der Waals surface area (Å²) in [5.74, 6) is 2.46. The van der Waals surface area contributed by atoms with Crippen LogP contribution in [0.1, 0.15) is 5.56 Å². The van der Waals surface area contributed by atoms with E-state index < -0.39 is 0 Å². The molecule has 1 heterocycles. The Morgan fingerprint density at radius 3 is 2.89 bits per heavy atom. The SMILES string of the molecule is N#Cc1cccc(NCCN2CCSCC2)c1N. The Bertz CT molecular complexity index is 435. The number of thioether (sulfide) groups is 1. The summed E-state index contributed by atoms with van der Waals surface area (Å²) in [6.45, 7) is 4.22. The van der Waals surface area contributed by atoms with Gasteiger partial charge in [0.05, 0.1) is 16.9 Å². The Balaban J connectivity index is 1.84. The van der Waals surface area contributed by atoms with Gasteiger partial charge in [0.25, 0.3) is 0 Å². The lowest BCUT2D eigenvalue weighted by atomic mass is 10.1. The van der Waals surface area contributed by atoms with Crippen LogP contribution in [-0.4, -0.2) is 42.6 Å². The minimum absolute atomic E-state index is 0.536. The van der Waals surface area contributed by atoms with Gasteiger partial charge in [0.1, 0.15) is 6.07 Å². The number of nitrogens with zero attached hydrogens (tertiary/aromatic N) is 2. The van der Waals surface area contributed by atoms with Gasteiger partial charge in [0, 0.05) is 37.7 Å². The maximum absolute atomic E-state index is 8.90. The average molecular weight is 262 g/mol. The summed E-state index contributed by atoms with van der Waals surface area (Å²) in [6.07, 6.45) is 0. The Kier molecular flexibility index (Phi) is 4.73. The second-order valence-corrected chi connectivity index (χ2v) is 5.48. The summed E-state index contributed by atoms with van der Waals surface area (Å²) in [7, 11) is 0. The fraction of sp³-hybridized carbons (Fsp3) is 0.462. The zero-order valence-corrected chi connectivity index (χ0v) is 11.2. The molecule has 0 aromatic heterocycles. The number of hydrogen-bond donors (Lipinski definition) is 2. The van der Waals surface area contributed by atoms with Gasteiger partial charge in [-0.05, 0) is 12.1 Å². The Labute approximate surface area is 112 Å². The minimum Gasteiger partial charge on any atom is -0.396 e. The molecule has 3 N–H and O–H groups in total. The van der Waals surface area contributed by atoms with Crippen molar-refractivity contribution in [2.75, 3.05) is 48.7 Å². The maximum atomic E-state index is 8.90. The van der Waals surface area contributed by atoms with Gasteiger partial charge in [0.2, 0.25) is 0 Å². The first-order valence-electron chi connectivity index (χ1n) is 6.14. The monoisotopic (exact) mass is 262 g/mol. The van der Waals surface area contributed by atoms with E-state index in [4.69, 9.17) is 11.0 Å². The Hall–Kier alpha value is -1.38. The van der Waals surface area contributed by atoms with Gasteiger partial charge < -0.3 is 11.1 Å². The summed E-state index contributed by atoms with van der Waals surface area (Å²) in [4.78, 5) is 2.45. The summed E-state index contributed by atoms with van der Waals surface area (Å²) >= 11 is 2.02. The Morgan fingerprint density at radius 2 is 2.17 bits per heavy atom. The van der Waals surface area contributed by atoms with E-state index in [0.717, 1.165) is 18.8 Å². The molecule has 0 spiro atoms. The smallest absolute Gasteiger partial charge is 0.101 e. The molecule has 4 nitrogen and oxygen atoms in total. The molecule has 1 saturated heterocycles. The van der Waals surface area contributed by atoms with Crippen LogP contribution >= 0.6 is 11.8 Å². The molecule has 5 heteroatoms. The lowest BCUT2D eigenvalue weighted by Gasteiger charge is -2.26. The molecule has 0 radical (unpaired) electrons. The lowest BCUT2D eigenvalue weighted by molar-refractivity contribution is 0.314. The van der Waals surface area contributed by atoms with E-state index in [1.807, 2.05) is 23.9 Å². The maximum Gasteiger partial charge on any atom is 0.101 e. The van der Waals surface area contributed by atoms with Gasteiger partial charge in [-0.15, -0.1) is 0 Å². The van der Waals surface area contributed by atoms with Crippen molar-refractivity contribution < 1.29 is 0 Å².